The first-order chi connectivity index (χ1) is 9.52. The van der Waals surface area contributed by atoms with Crippen LogP contribution in [-0.2, 0) is 11.2 Å². The van der Waals surface area contributed by atoms with Gasteiger partial charge in [0.1, 0.15) is 0 Å². The van der Waals surface area contributed by atoms with Crippen molar-refractivity contribution in [3.63, 3.8) is 0 Å². The van der Waals surface area contributed by atoms with Gasteiger partial charge in [-0.2, -0.15) is 0 Å². The van der Waals surface area contributed by atoms with E-state index >= 15 is 0 Å². The molecule has 0 saturated carbocycles. The third-order valence-corrected chi connectivity index (χ3v) is 3.27. The highest BCUT2D eigenvalue weighted by molar-refractivity contribution is 5.76. The normalized spacial score (nSPS) is 10.8. The summed E-state index contributed by atoms with van der Waals surface area (Å²) in [6, 6.07) is 7.75. The standard InChI is InChI=1S/C16H27N3O/c1-4-11-19(13-12-18(2)3)16(20)10-7-14-5-8-15(17)9-6-14/h5-6,8-9H,4,7,10-13,17H2,1-3H3. The molecule has 1 aromatic carbocycles. The van der Waals surface area contributed by atoms with E-state index in [2.05, 4.69) is 11.8 Å². The first-order valence-electron chi connectivity index (χ1n) is 7.30. The first-order valence-corrected chi connectivity index (χ1v) is 7.30. The predicted molar refractivity (Wildman–Crippen MR) is 84.6 cm³/mol. The number of hydrogen-bond donors (Lipinski definition) is 1. The minimum atomic E-state index is 0.241. The summed E-state index contributed by atoms with van der Waals surface area (Å²) in [7, 11) is 4.06. The van der Waals surface area contributed by atoms with E-state index in [1.165, 1.54) is 0 Å². The fourth-order valence-corrected chi connectivity index (χ4v) is 2.05. The molecular weight excluding hydrogens is 250 g/mol. The van der Waals surface area contributed by atoms with Crippen LogP contribution in [0.3, 0.4) is 0 Å². The van der Waals surface area contributed by atoms with Gasteiger partial charge in [-0.05, 0) is 44.6 Å². The highest BCUT2D eigenvalue weighted by Gasteiger charge is 2.12. The van der Waals surface area contributed by atoms with Crippen LogP contribution in [0, 0.1) is 0 Å². The van der Waals surface area contributed by atoms with Crippen LogP contribution in [-0.4, -0.2) is 49.4 Å². The zero-order valence-corrected chi connectivity index (χ0v) is 12.9. The van der Waals surface area contributed by atoms with E-state index in [9.17, 15) is 4.79 Å². The molecule has 0 aliphatic carbocycles. The molecule has 1 aromatic rings. The maximum absolute atomic E-state index is 12.3. The van der Waals surface area contributed by atoms with Gasteiger partial charge in [0.05, 0.1) is 0 Å². The summed E-state index contributed by atoms with van der Waals surface area (Å²) in [6.45, 7) is 4.67. The number of rotatable bonds is 8. The molecule has 1 rings (SSSR count). The summed E-state index contributed by atoms with van der Waals surface area (Å²) in [5.74, 6) is 0.241. The second-order valence-corrected chi connectivity index (χ2v) is 5.43. The number of carbonyl (C=O) groups excluding carboxylic acids is 1. The average molecular weight is 277 g/mol. The summed E-state index contributed by atoms with van der Waals surface area (Å²) in [4.78, 5) is 16.3. The lowest BCUT2D eigenvalue weighted by atomic mass is 10.1. The van der Waals surface area contributed by atoms with Gasteiger partial charge in [-0.25, -0.2) is 0 Å². The number of nitrogens with zero attached hydrogens (tertiary/aromatic N) is 2. The average Bonchev–Trinajstić information content (AvgIpc) is 2.42. The Bertz CT molecular complexity index is 401. The zero-order chi connectivity index (χ0) is 15.0. The van der Waals surface area contributed by atoms with E-state index in [0.717, 1.165) is 43.7 Å². The Balaban J connectivity index is 2.46. The summed E-state index contributed by atoms with van der Waals surface area (Å²) >= 11 is 0. The zero-order valence-electron chi connectivity index (χ0n) is 12.9. The van der Waals surface area contributed by atoms with Crippen molar-refractivity contribution in [3.8, 4) is 0 Å². The molecule has 0 spiro atoms. The van der Waals surface area contributed by atoms with Gasteiger partial charge in [-0.3, -0.25) is 4.79 Å². The predicted octanol–water partition coefficient (Wildman–Crippen LogP) is 2.00. The van der Waals surface area contributed by atoms with Crippen LogP contribution in [0.15, 0.2) is 24.3 Å². The fourth-order valence-electron chi connectivity index (χ4n) is 2.05. The number of hydrogen-bond acceptors (Lipinski definition) is 3. The van der Waals surface area contributed by atoms with Gasteiger partial charge in [-0.1, -0.05) is 19.1 Å². The van der Waals surface area contributed by atoms with Gasteiger partial charge < -0.3 is 15.5 Å². The molecule has 0 heterocycles. The smallest absolute Gasteiger partial charge is 0.222 e. The maximum Gasteiger partial charge on any atom is 0.222 e. The van der Waals surface area contributed by atoms with Crippen molar-refractivity contribution in [1.29, 1.82) is 0 Å². The van der Waals surface area contributed by atoms with Crippen molar-refractivity contribution in [2.45, 2.75) is 26.2 Å². The monoisotopic (exact) mass is 277 g/mol. The third kappa shape index (κ3) is 6.06. The number of aryl methyl sites for hydroxylation is 1. The number of amides is 1. The summed E-state index contributed by atoms with van der Waals surface area (Å²) in [6.07, 6.45) is 2.35. The molecule has 0 bridgehead atoms. The molecule has 4 nitrogen and oxygen atoms in total. The van der Waals surface area contributed by atoms with E-state index in [4.69, 9.17) is 5.73 Å². The van der Waals surface area contributed by atoms with Crippen LogP contribution in [0.1, 0.15) is 25.3 Å². The Hall–Kier alpha value is -1.55. The number of nitrogen functional groups attached to an aromatic ring is 1. The Morgan fingerprint density at radius 3 is 2.30 bits per heavy atom. The van der Waals surface area contributed by atoms with Crippen LogP contribution in [0.4, 0.5) is 5.69 Å². The highest BCUT2D eigenvalue weighted by Crippen LogP contribution is 2.09. The van der Waals surface area contributed by atoms with Gasteiger partial charge >= 0.3 is 0 Å². The topological polar surface area (TPSA) is 49.6 Å². The molecule has 0 radical (unpaired) electrons. The van der Waals surface area contributed by atoms with Crippen LogP contribution in [0.25, 0.3) is 0 Å². The van der Waals surface area contributed by atoms with Crippen molar-refractivity contribution < 1.29 is 4.79 Å². The minimum absolute atomic E-state index is 0.241. The van der Waals surface area contributed by atoms with Crippen molar-refractivity contribution in [2.24, 2.45) is 0 Å². The van der Waals surface area contributed by atoms with Crippen molar-refractivity contribution >= 4 is 11.6 Å². The lowest BCUT2D eigenvalue weighted by Gasteiger charge is -2.24. The molecule has 0 unspecified atom stereocenters. The molecule has 0 aromatic heterocycles. The molecule has 4 heteroatoms. The molecule has 0 aliphatic heterocycles. The third-order valence-electron chi connectivity index (χ3n) is 3.27. The van der Waals surface area contributed by atoms with Crippen LogP contribution in [0.5, 0.6) is 0 Å². The van der Waals surface area contributed by atoms with Gasteiger partial charge in [0.25, 0.3) is 0 Å². The fraction of sp³-hybridized carbons (Fsp3) is 0.562. The lowest BCUT2D eigenvalue weighted by molar-refractivity contribution is -0.131. The highest BCUT2D eigenvalue weighted by atomic mass is 16.2. The van der Waals surface area contributed by atoms with Gasteiger partial charge in [0, 0.05) is 31.7 Å². The van der Waals surface area contributed by atoms with Crippen molar-refractivity contribution in [1.82, 2.24) is 9.80 Å². The Labute approximate surface area is 122 Å². The minimum Gasteiger partial charge on any atom is -0.399 e. The molecule has 1 amide bonds. The van der Waals surface area contributed by atoms with E-state index in [1.54, 1.807) is 0 Å². The van der Waals surface area contributed by atoms with E-state index in [-0.39, 0.29) is 5.91 Å². The molecule has 2 N–H and O–H groups in total. The molecule has 20 heavy (non-hydrogen) atoms. The quantitative estimate of drug-likeness (QED) is 0.739. The Morgan fingerprint density at radius 2 is 1.75 bits per heavy atom. The van der Waals surface area contributed by atoms with Gasteiger partial charge in [0.2, 0.25) is 5.91 Å². The van der Waals surface area contributed by atoms with Crippen LogP contribution >= 0.6 is 0 Å². The number of likely N-dealkylation sites (N-methyl/N-ethyl adjacent to an activating group) is 1. The van der Waals surface area contributed by atoms with Gasteiger partial charge in [-0.15, -0.1) is 0 Å². The second-order valence-electron chi connectivity index (χ2n) is 5.43. The number of benzene rings is 1. The molecule has 112 valence electrons. The number of nitrogens with two attached hydrogens (primary N) is 1. The summed E-state index contributed by atoms with van der Waals surface area (Å²) in [5, 5.41) is 0. The largest absolute Gasteiger partial charge is 0.399 e. The lowest BCUT2D eigenvalue weighted by Crippen LogP contribution is -2.37. The van der Waals surface area contributed by atoms with E-state index in [1.807, 2.05) is 43.3 Å². The SMILES string of the molecule is CCCN(CCN(C)C)C(=O)CCc1ccc(N)cc1. The van der Waals surface area contributed by atoms with Crippen molar-refractivity contribution in [2.75, 3.05) is 39.5 Å². The molecule has 0 saturated heterocycles. The maximum atomic E-state index is 12.3. The second kappa shape index (κ2) is 8.59. The Kier molecular flexibility index (Phi) is 7.09. The molecule has 0 atom stereocenters. The van der Waals surface area contributed by atoms with E-state index < -0.39 is 0 Å². The molecule has 0 fully saturated rings. The van der Waals surface area contributed by atoms with Gasteiger partial charge in [0.15, 0.2) is 0 Å². The summed E-state index contributed by atoms with van der Waals surface area (Å²) < 4.78 is 0. The van der Waals surface area contributed by atoms with Crippen molar-refractivity contribution in [3.05, 3.63) is 29.8 Å². The molecule has 0 aliphatic rings. The Morgan fingerprint density at radius 1 is 1.10 bits per heavy atom. The number of carbonyl (C=O) groups is 1. The molecular formula is C16H27N3O. The number of anilines is 1. The van der Waals surface area contributed by atoms with E-state index in [0.29, 0.717) is 6.42 Å². The first kappa shape index (κ1) is 16.5. The van der Waals surface area contributed by atoms with Crippen LogP contribution < -0.4 is 5.73 Å². The van der Waals surface area contributed by atoms with Crippen LogP contribution in [0.2, 0.25) is 0 Å². The summed E-state index contributed by atoms with van der Waals surface area (Å²) in [5.41, 5.74) is 7.58.